The molecule has 2 aromatic rings. The van der Waals surface area contributed by atoms with E-state index < -0.39 is 52.5 Å². The van der Waals surface area contributed by atoms with Gasteiger partial charge < -0.3 is 20.1 Å². The van der Waals surface area contributed by atoms with Gasteiger partial charge in [0.2, 0.25) is 10.0 Å². The fourth-order valence-electron chi connectivity index (χ4n) is 4.94. The maximum Gasteiger partial charge on any atom is 0.326 e. The number of benzene rings is 2. The van der Waals surface area contributed by atoms with Gasteiger partial charge in [0.15, 0.2) is 6.61 Å². The monoisotopic (exact) mass is 576 g/mol. The highest BCUT2D eigenvalue weighted by Crippen LogP contribution is 2.41. The molecule has 0 bridgehead atoms. The fourth-order valence-corrected chi connectivity index (χ4v) is 6.54. The van der Waals surface area contributed by atoms with E-state index in [4.69, 9.17) is 21.1 Å². The minimum absolute atomic E-state index is 0.0167. The van der Waals surface area contributed by atoms with Crippen molar-refractivity contribution in [1.82, 2.24) is 14.5 Å². The number of morpholine rings is 1. The molecule has 2 aliphatic heterocycles. The van der Waals surface area contributed by atoms with Crippen molar-refractivity contribution in [2.75, 3.05) is 44.8 Å². The molecule has 5 rings (SSSR count). The molecule has 4 amide bonds. The number of rotatable bonds is 7. The van der Waals surface area contributed by atoms with Crippen molar-refractivity contribution >= 4 is 51.1 Å². The van der Waals surface area contributed by atoms with Crippen molar-refractivity contribution in [3.05, 3.63) is 58.6 Å². The molecule has 3 aliphatic rings. The van der Waals surface area contributed by atoms with Gasteiger partial charge in [0.05, 0.1) is 28.8 Å². The van der Waals surface area contributed by atoms with E-state index in [0.717, 1.165) is 10.5 Å². The molecule has 2 N–H and O–H groups in total. The summed E-state index contributed by atoms with van der Waals surface area (Å²) in [6, 6.07) is 10.5. The van der Waals surface area contributed by atoms with E-state index in [2.05, 4.69) is 10.6 Å². The first kappa shape index (κ1) is 27.1. The Labute approximate surface area is 229 Å². The lowest BCUT2D eigenvalue weighted by atomic mass is 9.92. The van der Waals surface area contributed by atoms with E-state index in [1.54, 1.807) is 12.1 Å². The van der Waals surface area contributed by atoms with Crippen molar-refractivity contribution in [3.63, 3.8) is 0 Å². The van der Waals surface area contributed by atoms with Gasteiger partial charge >= 0.3 is 12.0 Å². The molecule has 2 aromatic carbocycles. The molecule has 206 valence electrons. The van der Waals surface area contributed by atoms with E-state index in [0.29, 0.717) is 18.4 Å². The molecule has 2 saturated heterocycles. The Morgan fingerprint density at radius 1 is 1.13 bits per heavy atom. The van der Waals surface area contributed by atoms with Crippen LogP contribution in [0.3, 0.4) is 0 Å². The number of halogens is 1. The number of carbonyl (C=O) groups is 4. The summed E-state index contributed by atoms with van der Waals surface area (Å²) in [5, 5.41) is 5.22. The first-order valence-electron chi connectivity index (χ1n) is 12.2. The van der Waals surface area contributed by atoms with Gasteiger partial charge in [0.1, 0.15) is 12.1 Å². The number of esters is 1. The Morgan fingerprint density at radius 3 is 2.64 bits per heavy atom. The van der Waals surface area contributed by atoms with E-state index in [1.165, 1.54) is 22.5 Å². The molecular weight excluding hydrogens is 552 g/mol. The summed E-state index contributed by atoms with van der Waals surface area (Å²) in [5.74, 6) is -2.31. The number of imide groups is 1. The minimum Gasteiger partial charge on any atom is -0.454 e. The van der Waals surface area contributed by atoms with Crippen molar-refractivity contribution in [2.45, 2.75) is 23.3 Å². The smallest absolute Gasteiger partial charge is 0.326 e. The quantitative estimate of drug-likeness (QED) is 0.369. The van der Waals surface area contributed by atoms with E-state index in [-0.39, 0.29) is 41.9 Å². The lowest BCUT2D eigenvalue weighted by Gasteiger charge is -2.26. The maximum absolute atomic E-state index is 13.2. The number of carbonyl (C=O) groups excluding carboxylic acids is 4. The van der Waals surface area contributed by atoms with Gasteiger partial charge in [0, 0.05) is 13.1 Å². The summed E-state index contributed by atoms with van der Waals surface area (Å²) in [7, 11) is -3.83. The highest BCUT2D eigenvalue weighted by Gasteiger charge is 2.55. The molecule has 2 fully saturated rings. The number of aryl methyl sites for hydroxylation is 1. The lowest BCUT2D eigenvalue weighted by Crippen LogP contribution is -2.42. The highest BCUT2D eigenvalue weighted by molar-refractivity contribution is 7.89. The number of sulfonamides is 1. The van der Waals surface area contributed by atoms with Crippen LogP contribution in [0.5, 0.6) is 0 Å². The summed E-state index contributed by atoms with van der Waals surface area (Å²) in [6.45, 7) is -0.452. The normalized spacial score (nSPS) is 21.1. The molecule has 0 saturated carbocycles. The second-order valence-electron chi connectivity index (χ2n) is 9.25. The molecule has 14 heteroatoms. The molecular formula is C25H25ClN4O8S. The predicted molar refractivity (Wildman–Crippen MR) is 137 cm³/mol. The Balaban J connectivity index is 1.19. The van der Waals surface area contributed by atoms with Crippen LogP contribution in [0.25, 0.3) is 0 Å². The lowest BCUT2D eigenvalue weighted by molar-refractivity contribution is -0.150. The fraction of sp³-hybridized carbons (Fsp3) is 0.360. The Hall–Kier alpha value is -3.52. The van der Waals surface area contributed by atoms with Gasteiger partial charge in [-0.1, -0.05) is 35.9 Å². The van der Waals surface area contributed by atoms with Gasteiger partial charge in [-0.15, -0.1) is 0 Å². The number of amides is 4. The molecule has 12 nitrogen and oxygen atoms in total. The summed E-state index contributed by atoms with van der Waals surface area (Å²) >= 11 is 6.14. The van der Waals surface area contributed by atoms with Gasteiger partial charge in [-0.2, -0.15) is 4.31 Å². The number of nitrogens with one attached hydrogen (secondary N) is 2. The molecule has 1 spiro atoms. The van der Waals surface area contributed by atoms with Crippen LogP contribution in [0.4, 0.5) is 10.5 Å². The van der Waals surface area contributed by atoms with E-state index in [9.17, 15) is 27.6 Å². The summed E-state index contributed by atoms with van der Waals surface area (Å²) in [5.41, 5.74) is 0.457. The van der Waals surface area contributed by atoms with Crippen LogP contribution >= 0.6 is 11.6 Å². The number of anilines is 1. The summed E-state index contributed by atoms with van der Waals surface area (Å²) < 4.78 is 37.3. The zero-order valence-electron chi connectivity index (χ0n) is 20.6. The molecule has 0 radical (unpaired) electrons. The average molecular weight is 577 g/mol. The largest absolute Gasteiger partial charge is 0.454 e. The molecule has 0 aromatic heterocycles. The minimum atomic E-state index is -3.83. The Kier molecular flexibility index (Phi) is 7.33. The van der Waals surface area contributed by atoms with E-state index >= 15 is 0 Å². The number of ether oxygens (including phenoxy) is 2. The van der Waals surface area contributed by atoms with Crippen molar-refractivity contribution in [1.29, 1.82) is 0 Å². The third-order valence-electron chi connectivity index (χ3n) is 6.89. The first-order valence-corrected chi connectivity index (χ1v) is 14.0. The number of nitrogens with zero attached hydrogens (tertiary/aromatic N) is 2. The van der Waals surface area contributed by atoms with Crippen molar-refractivity contribution in [3.8, 4) is 0 Å². The van der Waals surface area contributed by atoms with Crippen LogP contribution in [-0.4, -0.2) is 80.9 Å². The standard InChI is InChI=1S/C25H25ClN4O8S/c26-19-6-5-17(39(35,36)29-9-11-37-12-10-29)13-20(19)27-21(31)15-38-22(32)14-30-23(33)25(28-24(30)34)8-7-16-3-1-2-4-18(16)25/h1-6,13H,7-12,14-15H2,(H,27,31)(H,28,34)/t25-/m1/s1. The van der Waals surface area contributed by atoms with Crippen LogP contribution in [0.15, 0.2) is 47.4 Å². The second-order valence-corrected chi connectivity index (χ2v) is 11.6. The number of hydrogen-bond donors (Lipinski definition) is 2. The molecule has 39 heavy (non-hydrogen) atoms. The highest BCUT2D eigenvalue weighted by atomic mass is 35.5. The summed E-state index contributed by atoms with van der Waals surface area (Å²) in [6.07, 6.45) is 0.990. The van der Waals surface area contributed by atoms with Gasteiger partial charge in [0.25, 0.3) is 11.8 Å². The number of fused-ring (bicyclic) bond motifs is 2. The van der Waals surface area contributed by atoms with Crippen LogP contribution < -0.4 is 10.6 Å². The topological polar surface area (TPSA) is 151 Å². The molecule has 0 unspecified atom stereocenters. The Bertz CT molecular complexity index is 1460. The van der Waals surface area contributed by atoms with Gasteiger partial charge in [-0.05, 0) is 42.2 Å². The molecule has 2 heterocycles. The third kappa shape index (κ3) is 5.10. The number of hydrogen-bond acceptors (Lipinski definition) is 8. The molecule has 1 atom stereocenters. The summed E-state index contributed by atoms with van der Waals surface area (Å²) in [4.78, 5) is 51.3. The van der Waals surface area contributed by atoms with Crippen molar-refractivity contribution < 1.29 is 37.1 Å². The van der Waals surface area contributed by atoms with Crippen LogP contribution in [0.1, 0.15) is 17.5 Å². The number of urea groups is 1. The van der Waals surface area contributed by atoms with Crippen molar-refractivity contribution in [2.24, 2.45) is 0 Å². The molecule has 1 aliphatic carbocycles. The Morgan fingerprint density at radius 2 is 1.87 bits per heavy atom. The first-order chi connectivity index (χ1) is 18.6. The maximum atomic E-state index is 13.2. The van der Waals surface area contributed by atoms with Gasteiger partial charge in [-0.3, -0.25) is 19.3 Å². The third-order valence-corrected chi connectivity index (χ3v) is 9.12. The average Bonchev–Trinajstić information content (AvgIpc) is 3.41. The SMILES string of the molecule is O=C(COC(=O)CN1C(=O)N[C@@]2(CCc3ccccc32)C1=O)Nc1cc(S(=O)(=O)N2CCOCC2)ccc1Cl. The predicted octanol–water partition coefficient (Wildman–Crippen LogP) is 1.24. The van der Waals surface area contributed by atoms with Crippen LogP contribution in [0.2, 0.25) is 5.02 Å². The zero-order valence-corrected chi connectivity index (χ0v) is 22.2. The van der Waals surface area contributed by atoms with E-state index in [1.807, 2.05) is 12.1 Å². The zero-order chi connectivity index (χ0) is 27.8. The van der Waals surface area contributed by atoms with Crippen LogP contribution in [-0.2, 0) is 45.8 Å². The second kappa shape index (κ2) is 10.6. The van der Waals surface area contributed by atoms with Crippen LogP contribution in [0, 0.1) is 0 Å². The van der Waals surface area contributed by atoms with Gasteiger partial charge in [-0.25, -0.2) is 13.2 Å².